The van der Waals surface area contributed by atoms with Crippen molar-refractivity contribution in [1.29, 1.82) is 0 Å². The Bertz CT molecular complexity index is 1010. The molecule has 7 heteroatoms. The number of hydrogen-bond acceptors (Lipinski definition) is 6. The number of rotatable bonds is 4. The molecule has 1 atom stereocenters. The normalized spacial score (nSPS) is 19.7. The summed E-state index contributed by atoms with van der Waals surface area (Å²) in [6, 6.07) is 5.50. The molecule has 3 aromatic rings. The van der Waals surface area contributed by atoms with Crippen LogP contribution in [-0.2, 0) is 6.54 Å². The average molecular weight is 383 g/mol. The molecule has 6 nitrogen and oxygen atoms in total. The number of imidazole rings is 1. The first-order valence-corrected chi connectivity index (χ1v) is 10.1. The van der Waals surface area contributed by atoms with Crippen molar-refractivity contribution in [3.63, 3.8) is 0 Å². The molecule has 2 aliphatic heterocycles. The molecule has 2 aliphatic rings. The van der Waals surface area contributed by atoms with E-state index in [1.807, 2.05) is 18.2 Å². The molecule has 1 saturated heterocycles. The summed E-state index contributed by atoms with van der Waals surface area (Å²) in [4.78, 5) is 21.1. The number of ketones is 1. The number of piperidine rings is 1. The zero-order valence-corrected chi connectivity index (χ0v) is 16.0. The lowest BCUT2D eigenvalue weighted by molar-refractivity contribution is 0.0809. The standard InChI is InChI=1S/C20H21N3O3S/c1-13-16(23-7-8-27-20(23)21-13)11-22-6-2-3-15(10-22)19(24)14-4-5-17-18(9-14)26-12-25-17/h4-5,7-9,15H,2-3,6,10-12H2,1H3. The highest BCUT2D eigenvalue weighted by Gasteiger charge is 2.28. The molecule has 0 radical (unpaired) electrons. The van der Waals surface area contributed by atoms with Crippen LogP contribution in [0.1, 0.15) is 34.6 Å². The van der Waals surface area contributed by atoms with E-state index in [1.54, 1.807) is 11.3 Å². The molecule has 0 saturated carbocycles. The SMILES string of the molecule is Cc1nc2sccn2c1CN1CCCC(C(=O)c2ccc3c(c2)OCO3)C1. The molecule has 140 valence electrons. The lowest BCUT2D eigenvalue weighted by Crippen LogP contribution is -2.38. The molecule has 0 amide bonds. The fourth-order valence-corrected chi connectivity index (χ4v) is 4.82. The average Bonchev–Trinajstić information content (AvgIpc) is 3.39. The van der Waals surface area contributed by atoms with Crippen molar-refractivity contribution in [2.75, 3.05) is 19.9 Å². The highest BCUT2D eigenvalue weighted by Crippen LogP contribution is 2.34. The molecule has 0 aliphatic carbocycles. The number of nitrogens with zero attached hydrogens (tertiary/aromatic N) is 3. The van der Waals surface area contributed by atoms with Gasteiger partial charge >= 0.3 is 0 Å². The van der Waals surface area contributed by atoms with Crippen molar-refractivity contribution in [2.45, 2.75) is 26.3 Å². The van der Waals surface area contributed by atoms with Gasteiger partial charge in [-0.2, -0.15) is 0 Å². The first kappa shape index (κ1) is 16.8. The molecule has 1 aromatic carbocycles. The van der Waals surface area contributed by atoms with E-state index < -0.39 is 0 Å². The molecular weight excluding hydrogens is 362 g/mol. The number of fused-ring (bicyclic) bond motifs is 2. The number of likely N-dealkylation sites (tertiary alicyclic amines) is 1. The molecule has 5 rings (SSSR count). The van der Waals surface area contributed by atoms with E-state index >= 15 is 0 Å². The Kier molecular flexibility index (Phi) is 4.13. The topological polar surface area (TPSA) is 56.1 Å². The Morgan fingerprint density at radius 2 is 2.22 bits per heavy atom. The van der Waals surface area contributed by atoms with Crippen molar-refractivity contribution < 1.29 is 14.3 Å². The quantitative estimate of drug-likeness (QED) is 0.645. The minimum atomic E-state index is 0.0188. The summed E-state index contributed by atoms with van der Waals surface area (Å²) < 4.78 is 12.9. The first-order chi connectivity index (χ1) is 13.2. The molecule has 1 fully saturated rings. The second-order valence-electron chi connectivity index (χ2n) is 7.21. The third-order valence-corrected chi connectivity index (χ3v) is 6.22. The van der Waals surface area contributed by atoms with Crippen LogP contribution in [0.5, 0.6) is 11.5 Å². The van der Waals surface area contributed by atoms with Gasteiger partial charge in [-0.05, 0) is 44.5 Å². The fraction of sp³-hybridized carbons (Fsp3) is 0.400. The van der Waals surface area contributed by atoms with Gasteiger partial charge < -0.3 is 9.47 Å². The highest BCUT2D eigenvalue weighted by atomic mass is 32.1. The van der Waals surface area contributed by atoms with Gasteiger partial charge in [0.2, 0.25) is 6.79 Å². The van der Waals surface area contributed by atoms with Gasteiger partial charge in [0, 0.05) is 36.1 Å². The van der Waals surface area contributed by atoms with Gasteiger partial charge in [-0.15, -0.1) is 11.3 Å². The predicted molar refractivity (Wildman–Crippen MR) is 103 cm³/mol. The summed E-state index contributed by atoms with van der Waals surface area (Å²) in [6.45, 7) is 4.92. The zero-order chi connectivity index (χ0) is 18.4. The Morgan fingerprint density at radius 1 is 1.33 bits per heavy atom. The van der Waals surface area contributed by atoms with E-state index in [0.717, 1.165) is 43.1 Å². The van der Waals surface area contributed by atoms with E-state index in [9.17, 15) is 4.79 Å². The van der Waals surface area contributed by atoms with E-state index in [0.29, 0.717) is 17.1 Å². The molecule has 1 unspecified atom stereocenters. The Hall–Kier alpha value is -2.38. The van der Waals surface area contributed by atoms with Crippen molar-refractivity contribution >= 4 is 22.1 Å². The number of thiazole rings is 1. The number of Topliss-reactive ketones (excluding diaryl/α,β-unsaturated/α-hetero) is 1. The minimum Gasteiger partial charge on any atom is -0.454 e. The third kappa shape index (κ3) is 3.00. The second kappa shape index (κ2) is 6.65. The number of benzene rings is 1. The van der Waals surface area contributed by atoms with E-state index in [2.05, 4.69) is 32.8 Å². The fourth-order valence-electron chi connectivity index (χ4n) is 4.04. The second-order valence-corrected chi connectivity index (χ2v) is 8.08. The number of ether oxygens (including phenoxy) is 2. The van der Waals surface area contributed by atoms with Crippen LogP contribution in [-0.4, -0.2) is 40.0 Å². The summed E-state index contributed by atoms with van der Waals surface area (Å²) in [5, 5.41) is 2.06. The number of carbonyl (C=O) groups is 1. The van der Waals surface area contributed by atoms with Gasteiger partial charge in [0.25, 0.3) is 0 Å². The predicted octanol–water partition coefficient (Wildman–Crippen LogP) is 3.53. The third-order valence-electron chi connectivity index (χ3n) is 5.47. The van der Waals surface area contributed by atoms with Crippen LogP contribution in [0.15, 0.2) is 29.8 Å². The summed E-state index contributed by atoms with van der Waals surface area (Å²) >= 11 is 1.65. The lowest BCUT2D eigenvalue weighted by atomic mass is 9.89. The summed E-state index contributed by atoms with van der Waals surface area (Å²) in [5.41, 5.74) is 3.01. The summed E-state index contributed by atoms with van der Waals surface area (Å²) in [7, 11) is 0. The Morgan fingerprint density at radius 3 is 3.15 bits per heavy atom. The van der Waals surface area contributed by atoms with Crippen molar-refractivity contribution in [1.82, 2.24) is 14.3 Å². The Balaban J connectivity index is 1.32. The molecule has 27 heavy (non-hydrogen) atoms. The van der Waals surface area contributed by atoms with Crippen molar-refractivity contribution in [3.8, 4) is 11.5 Å². The molecular formula is C20H21N3O3S. The van der Waals surface area contributed by atoms with Gasteiger partial charge in [-0.3, -0.25) is 14.1 Å². The van der Waals surface area contributed by atoms with Crippen LogP contribution in [0.25, 0.3) is 4.96 Å². The lowest BCUT2D eigenvalue weighted by Gasteiger charge is -2.32. The van der Waals surface area contributed by atoms with Crippen LogP contribution in [0.2, 0.25) is 0 Å². The van der Waals surface area contributed by atoms with Gasteiger partial charge in [-0.1, -0.05) is 0 Å². The van der Waals surface area contributed by atoms with Gasteiger partial charge in [0.15, 0.2) is 22.2 Å². The molecule has 4 heterocycles. The summed E-state index contributed by atoms with van der Waals surface area (Å²) in [6.07, 6.45) is 4.04. The van der Waals surface area contributed by atoms with Crippen molar-refractivity contribution in [3.05, 3.63) is 46.7 Å². The van der Waals surface area contributed by atoms with E-state index in [-0.39, 0.29) is 18.5 Å². The zero-order valence-electron chi connectivity index (χ0n) is 15.2. The molecule has 0 spiro atoms. The van der Waals surface area contributed by atoms with Crippen LogP contribution < -0.4 is 9.47 Å². The van der Waals surface area contributed by atoms with Crippen molar-refractivity contribution in [2.24, 2.45) is 5.92 Å². The van der Waals surface area contributed by atoms with Crippen LogP contribution >= 0.6 is 11.3 Å². The molecule has 2 aromatic heterocycles. The number of aromatic nitrogens is 2. The molecule has 0 bridgehead atoms. The monoisotopic (exact) mass is 383 g/mol. The largest absolute Gasteiger partial charge is 0.454 e. The van der Waals surface area contributed by atoms with Gasteiger partial charge in [-0.25, -0.2) is 4.98 Å². The van der Waals surface area contributed by atoms with Crippen LogP contribution in [0.4, 0.5) is 0 Å². The Labute approximate surface area is 161 Å². The number of aryl methyl sites for hydroxylation is 1. The van der Waals surface area contributed by atoms with Crippen LogP contribution in [0, 0.1) is 12.8 Å². The van der Waals surface area contributed by atoms with Gasteiger partial charge in [0.1, 0.15) is 0 Å². The maximum absolute atomic E-state index is 13.0. The maximum Gasteiger partial charge on any atom is 0.231 e. The van der Waals surface area contributed by atoms with E-state index in [4.69, 9.17) is 9.47 Å². The van der Waals surface area contributed by atoms with E-state index in [1.165, 1.54) is 5.69 Å². The highest BCUT2D eigenvalue weighted by molar-refractivity contribution is 7.15. The van der Waals surface area contributed by atoms with Gasteiger partial charge in [0.05, 0.1) is 11.4 Å². The maximum atomic E-state index is 13.0. The summed E-state index contributed by atoms with van der Waals surface area (Å²) in [5.74, 6) is 1.60. The minimum absolute atomic E-state index is 0.0188. The molecule has 0 N–H and O–H groups in total. The smallest absolute Gasteiger partial charge is 0.231 e. The van der Waals surface area contributed by atoms with Crippen LogP contribution in [0.3, 0.4) is 0 Å². The number of hydrogen-bond donors (Lipinski definition) is 0. The number of carbonyl (C=O) groups excluding carboxylic acids is 1. The first-order valence-electron chi connectivity index (χ1n) is 9.26.